The summed E-state index contributed by atoms with van der Waals surface area (Å²) < 4.78 is 5.39. The summed E-state index contributed by atoms with van der Waals surface area (Å²) in [6.07, 6.45) is 5.28. The van der Waals surface area contributed by atoms with Gasteiger partial charge in [0.05, 0.1) is 0 Å². The number of aliphatic hydroxyl groups is 1. The molecule has 0 saturated heterocycles. The number of unbranched alkanes of at least 4 members (excludes halogenated alkanes) is 1. The molecule has 80 valence electrons. The third kappa shape index (κ3) is 2.42. The summed E-state index contributed by atoms with van der Waals surface area (Å²) in [5.74, 6) is -1.35. The van der Waals surface area contributed by atoms with Gasteiger partial charge in [-0.15, -0.1) is 0 Å². The Morgan fingerprint density at radius 1 is 1.50 bits per heavy atom. The smallest absolute Gasteiger partial charge is 0.186 e. The maximum absolute atomic E-state index is 11.4. The minimum Gasteiger partial charge on any atom is -0.362 e. The second-order valence-electron chi connectivity index (χ2n) is 4.26. The molecule has 0 aromatic carbocycles. The van der Waals surface area contributed by atoms with Crippen molar-refractivity contribution in [1.29, 1.82) is 0 Å². The van der Waals surface area contributed by atoms with E-state index in [1.54, 1.807) is 13.8 Å². The van der Waals surface area contributed by atoms with Crippen molar-refractivity contribution >= 4 is 5.78 Å². The molecule has 0 aliphatic carbocycles. The first-order valence-electron chi connectivity index (χ1n) is 5.06. The van der Waals surface area contributed by atoms with E-state index in [0.717, 1.165) is 12.8 Å². The average molecular weight is 198 g/mol. The van der Waals surface area contributed by atoms with E-state index in [2.05, 4.69) is 0 Å². The Bertz CT molecular complexity index is 255. The molecule has 1 atom stereocenters. The SMILES string of the molecule is CCCCC1(O)C=CC(=O)C(C)(C)O1. The molecule has 0 saturated carbocycles. The van der Waals surface area contributed by atoms with E-state index in [1.807, 2.05) is 6.92 Å². The van der Waals surface area contributed by atoms with E-state index >= 15 is 0 Å². The molecule has 0 bridgehead atoms. The van der Waals surface area contributed by atoms with Crippen molar-refractivity contribution in [2.24, 2.45) is 0 Å². The van der Waals surface area contributed by atoms with Gasteiger partial charge in [0.25, 0.3) is 0 Å². The van der Waals surface area contributed by atoms with Crippen LogP contribution in [0.25, 0.3) is 0 Å². The second-order valence-corrected chi connectivity index (χ2v) is 4.26. The second kappa shape index (κ2) is 3.83. The van der Waals surface area contributed by atoms with E-state index < -0.39 is 11.4 Å². The zero-order valence-corrected chi connectivity index (χ0v) is 9.04. The summed E-state index contributed by atoms with van der Waals surface area (Å²) in [7, 11) is 0. The quantitative estimate of drug-likeness (QED) is 0.752. The van der Waals surface area contributed by atoms with E-state index in [4.69, 9.17) is 4.74 Å². The summed E-state index contributed by atoms with van der Waals surface area (Å²) in [4.78, 5) is 11.4. The zero-order valence-electron chi connectivity index (χ0n) is 9.04. The van der Waals surface area contributed by atoms with Crippen LogP contribution in [-0.2, 0) is 9.53 Å². The lowest BCUT2D eigenvalue weighted by Crippen LogP contribution is -2.47. The molecule has 1 rings (SSSR count). The van der Waals surface area contributed by atoms with Gasteiger partial charge < -0.3 is 9.84 Å². The van der Waals surface area contributed by atoms with Gasteiger partial charge in [0.1, 0.15) is 5.60 Å². The van der Waals surface area contributed by atoms with Crippen molar-refractivity contribution in [3.8, 4) is 0 Å². The summed E-state index contributed by atoms with van der Waals surface area (Å²) >= 11 is 0. The fraction of sp³-hybridized carbons (Fsp3) is 0.727. The highest BCUT2D eigenvalue weighted by Crippen LogP contribution is 2.29. The van der Waals surface area contributed by atoms with E-state index in [1.165, 1.54) is 12.2 Å². The summed E-state index contributed by atoms with van der Waals surface area (Å²) in [6.45, 7) is 5.40. The molecule has 1 N–H and O–H groups in total. The highest BCUT2D eigenvalue weighted by Gasteiger charge is 2.40. The fourth-order valence-corrected chi connectivity index (χ4v) is 1.50. The van der Waals surface area contributed by atoms with Crippen LogP contribution in [0.1, 0.15) is 40.0 Å². The van der Waals surface area contributed by atoms with Gasteiger partial charge in [0.2, 0.25) is 0 Å². The van der Waals surface area contributed by atoms with Crippen molar-refractivity contribution < 1.29 is 14.6 Å². The minimum absolute atomic E-state index is 0.0985. The van der Waals surface area contributed by atoms with Crippen LogP contribution in [0.5, 0.6) is 0 Å². The molecule has 3 nitrogen and oxygen atoms in total. The van der Waals surface area contributed by atoms with Gasteiger partial charge in [-0.05, 0) is 32.4 Å². The first kappa shape index (κ1) is 11.4. The lowest BCUT2D eigenvalue weighted by Gasteiger charge is -2.37. The number of hydrogen-bond acceptors (Lipinski definition) is 3. The molecule has 0 radical (unpaired) electrons. The molecule has 14 heavy (non-hydrogen) atoms. The molecule has 1 heterocycles. The zero-order chi connectivity index (χ0) is 10.8. The van der Waals surface area contributed by atoms with Crippen LogP contribution < -0.4 is 0 Å². The summed E-state index contributed by atoms with van der Waals surface area (Å²) in [5, 5.41) is 9.99. The van der Waals surface area contributed by atoms with Gasteiger partial charge in [-0.2, -0.15) is 0 Å². The molecule has 1 aliphatic rings. The molecule has 0 fully saturated rings. The number of carbonyl (C=O) groups excluding carboxylic acids is 1. The normalized spacial score (nSPS) is 30.7. The number of carbonyl (C=O) groups is 1. The third-order valence-corrected chi connectivity index (χ3v) is 2.41. The highest BCUT2D eigenvalue weighted by molar-refractivity contribution is 5.97. The van der Waals surface area contributed by atoms with E-state index in [-0.39, 0.29) is 5.78 Å². The Balaban J connectivity index is 2.74. The summed E-state index contributed by atoms with van der Waals surface area (Å²) in [5.41, 5.74) is -0.906. The van der Waals surface area contributed by atoms with Crippen LogP contribution in [0.2, 0.25) is 0 Å². The molecule has 0 amide bonds. The van der Waals surface area contributed by atoms with Crippen LogP contribution >= 0.6 is 0 Å². The third-order valence-electron chi connectivity index (χ3n) is 2.41. The summed E-state index contributed by atoms with van der Waals surface area (Å²) in [6, 6.07) is 0. The first-order valence-corrected chi connectivity index (χ1v) is 5.06. The Morgan fingerprint density at radius 2 is 2.14 bits per heavy atom. The number of ketones is 1. The lowest BCUT2D eigenvalue weighted by molar-refractivity contribution is -0.231. The monoisotopic (exact) mass is 198 g/mol. The van der Waals surface area contributed by atoms with Gasteiger partial charge in [-0.25, -0.2) is 0 Å². The van der Waals surface area contributed by atoms with Gasteiger partial charge in [0.15, 0.2) is 11.6 Å². The topological polar surface area (TPSA) is 46.5 Å². The minimum atomic E-state index is -1.26. The maximum Gasteiger partial charge on any atom is 0.186 e. The van der Waals surface area contributed by atoms with Crippen LogP contribution in [-0.4, -0.2) is 22.3 Å². The van der Waals surface area contributed by atoms with Crippen molar-refractivity contribution in [3.05, 3.63) is 12.2 Å². The van der Waals surface area contributed by atoms with Gasteiger partial charge in [-0.1, -0.05) is 13.3 Å². The number of ether oxygens (including phenoxy) is 1. The Hall–Kier alpha value is -0.670. The van der Waals surface area contributed by atoms with E-state index in [9.17, 15) is 9.90 Å². The molecule has 0 aromatic rings. The van der Waals surface area contributed by atoms with E-state index in [0.29, 0.717) is 6.42 Å². The largest absolute Gasteiger partial charge is 0.362 e. The molecular weight excluding hydrogens is 180 g/mol. The molecular formula is C11H18O3. The van der Waals surface area contributed by atoms with Crippen LogP contribution in [0.15, 0.2) is 12.2 Å². The van der Waals surface area contributed by atoms with Gasteiger partial charge in [0, 0.05) is 6.42 Å². The predicted molar refractivity (Wildman–Crippen MR) is 53.8 cm³/mol. The highest BCUT2D eigenvalue weighted by atomic mass is 16.6. The molecule has 1 unspecified atom stereocenters. The number of rotatable bonds is 3. The number of hydrogen-bond donors (Lipinski definition) is 1. The standard InChI is InChI=1S/C11H18O3/c1-4-5-7-11(13)8-6-9(12)10(2,3)14-11/h6,8,13H,4-5,7H2,1-3H3. The van der Waals surface area contributed by atoms with Crippen molar-refractivity contribution in [2.45, 2.75) is 51.4 Å². The Labute approximate surface area is 84.8 Å². The molecule has 0 spiro atoms. The molecule has 1 aliphatic heterocycles. The Kier molecular flexibility index (Phi) is 3.12. The molecule has 0 aromatic heterocycles. The van der Waals surface area contributed by atoms with Crippen LogP contribution in [0, 0.1) is 0 Å². The van der Waals surface area contributed by atoms with Crippen molar-refractivity contribution in [2.75, 3.05) is 0 Å². The average Bonchev–Trinajstić information content (AvgIpc) is 2.08. The maximum atomic E-state index is 11.4. The van der Waals surface area contributed by atoms with Crippen molar-refractivity contribution in [3.63, 3.8) is 0 Å². The van der Waals surface area contributed by atoms with Crippen molar-refractivity contribution in [1.82, 2.24) is 0 Å². The Morgan fingerprint density at radius 3 is 2.64 bits per heavy atom. The first-order chi connectivity index (χ1) is 6.40. The van der Waals surface area contributed by atoms with Gasteiger partial charge in [-0.3, -0.25) is 4.79 Å². The van der Waals surface area contributed by atoms with Crippen LogP contribution in [0.4, 0.5) is 0 Å². The lowest BCUT2D eigenvalue weighted by atomic mass is 9.96. The van der Waals surface area contributed by atoms with Gasteiger partial charge >= 0.3 is 0 Å². The van der Waals surface area contributed by atoms with Crippen LogP contribution in [0.3, 0.4) is 0 Å². The fourth-order valence-electron chi connectivity index (χ4n) is 1.50. The molecule has 3 heteroatoms. The predicted octanol–water partition coefficient (Wildman–Crippen LogP) is 1.80.